The SMILES string of the molecule is COc1ccc(OC(C)CN=C(N)Nc2cccc(C)c2)cc1.I. The molecule has 6 heteroatoms. The van der Waals surface area contributed by atoms with E-state index >= 15 is 0 Å². The van der Waals surface area contributed by atoms with Crippen LogP contribution < -0.4 is 20.5 Å². The van der Waals surface area contributed by atoms with Crippen molar-refractivity contribution in [3.8, 4) is 11.5 Å². The number of nitrogens with two attached hydrogens (primary N) is 1. The molecular formula is C18H24IN3O2. The van der Waals surface area contributed by atoms with Gasteiger partial charge < -0.3 is 20.5 Å². The monoisotopic (exact) mass is 441 g/mol. The van der Waals surface area contributed by atoms with Crippen molar-refractivity contribution in [2.75, 3.05) is 19.0 Å². The Bertz CT molecular complexity index is 660. The first-order valence-corrected chi connectivity index (χ1v) is 7.51. The maximum atomic E-state index is 5.90. The Morgan fingerprint density at radius 1 is 1.17 bits per heavy atom. The van der Waals surface area contributed by atoms with Gasteiger partial charge >= 0.3 is 0 Å². The van der Waals surface area contributed by atoms with Gasteiger partial charge in [0.1, 0.15) is 17.6 Å². The highest BCUT2D eigenvalue weighted by molar-refractivity contribution is 14.0. The molecule has 3 N–H and O–H groups in total. The van der Waals surface area contributed by atoms with E-state index < -0.39 is 0 Å². The van der Waals surface area contributed by atoms with E-state index in [4.69, 9.17) is 15.2 Å². The van der Waals surface area contributed by atoms with Gasteiger partial charge in [-0.2, -0.15) is 0 Å². The molecule has 2 aromatic rings. The summed E-state index contributed by atoms with van der Waals surface area (Å²) >= 11 is 0. The highest BCUT2D eigenvalue weighted by Crippen LogP contribution is 2.18. The summed E-state index contributed by atoms with van der Waals surface area (Å²) in [7, 11) is 1.64. The van der Waals surface area contributed by atoms with E-state index in [1.165, 1.54) is 5.56 Å². The highest BCUT2D eigenvalue weighted by Gasteiger charge is 2.04. The molecule has 24 heavy (non-hydrogen) atoms. The third-order valence-corrected chi connectivity index (χ3v) is 3.21. The van der Waals surface area contributed by atoms with Gasteiger partial charge in [-0.15, -0.1) is 24.0 Å². The van der Waals surface area contributed by atoms with E-state index in [9.17, 15) is 0 Å². The number of nitrogens with one attached hydrogen (secondary N) is 1. The molecule has 0 bridgehead atoms. The molecule has 0 heterocycles. The summed E-state index contributed by atoms with van der Waals surface area (Å²) in [6, 6.07) is 15.4. The molecule has 1 unspecified atom stereocenters. The molecule has 5 nitrogen and oxygen atoms in total. The van der Waals surface area contributed by atoms with E-state index in [-0.39, 0.29) is 30.1 Å². The molecule has 2 aromatic carbocycles. The van der Waals surface area contributed by atoms with Gasteiger partial charge in [-0.1, -0.05) is 12.1 Å². The van der Waals surface area contributed by atoms with Crippen LogP contribution in [0.1, 0.15) is 12.5 Å². The fraction of sp³-hybridized carbons (Fsp3) is 0.278. The predicted octanol–water partition coefficient (Wildman–Crippen LogP) is 3.82. The van der Waals surface area contributed by atoms with Gasteiger partial charge in [0.25, 0.3) is 0 Å². The third kappa shape index (κ3) is 6.66. The fourth-order valence-corrected chi connectivity index (χ4v) is 2.06. The van der Waals surface area contributed by atoms with Gasteiger partial charge in [-0.3, -0.25) is 0 Å². The second-order valence-electron chi connectivity index (χ2n) is 5.32. The Morgan fingerprint density at radius 3 is 2.46 bits per heavy atom. The summed E-state index contributed by atoms with van der Waals surface area (Å²) in [6.45, 7) is 4.45. The lowest BCUT2D eigenvalue weighted by atomic mass is 10.2. The van der Waals surface area contributed by atoms with Crippen molar-refractivity contribution in [2.45, 2.75) is 20.0 Å². The Labute approximate surface area is 160 Å². The van der Waals surface area contributed by atoms with Crippen molar-refractivity contribution in [3.63, 3.8) is 0 Å². The second-order valence-corrected chi connectivity index (χ2v) is 5.32. The summed E-state index contributed by atoms with van der Waals surface area (Å²) in [4.78, 5) is 4.31. The van der Waals surface area contributed by atoms with Crippen molar-refractivity contribution in [1.82, 2.24) is 0 Å². The van der Waals surface area contributed by atoms with Crippen LogP contribution in [-0.4, -0.2) is 25.7 Å². The third-order valence-electron chi connectivity index (χ3n) is 3.21. The first-order chi connectivity index (χ1) is 11.1. The molecule has 0 fully saturated rings. The highest BCUT2D eigenvalue weighted by atomic mass is 127. The van der Waals surface area contributed by atoms with E-state index in [2.05, 4.69) is 10.3 Å². The summed E-state index contributed by atoms with van der Waals surface area (Å²) in [6.07, 6.45) is -0.0822. The normalized spacial score (nSPS) is 12.0. The van der Waals surface area contributed by atoms with Crippen LogP contribution in [0.4, 0.5) is 5.69 Å². The minimum absolute atomic E-state index is 0. The number of aliphatic imine (C=N–C) groups is 1. The zero-order chi connectivity index (χ0) is 16.7. The molecule has 0 aromatic heterocycles. The van der Waals surface area contributed by atoms with E-state index in [1.54, 1.807) is 7.11 Å². The predicted molar refractivity (Wildman–Crippen MR) is 110 cm³/mol. The number of hydrogen-bond acceptors (Lipinski definition) is 3. The number of aryl methyl sites for hydroxylation is 1. The maximum absolute atomic E-state index is 5.90. The first kappa shape index (κ1) is 20.1. The zero-order valence-electron chi connectivity index (χ0n) is 14.2. The van der Waals surface area contributed by atoms with Crippen molar-refractivity contribution < 1.29 is 9.47 Å². The van der Waals surface area contributed by atoms with Gasteiger partial charge in [0.2, 0.25) is 0 Å². The number of rotatable bonds is 6. The van der Waals surface area contributed by atoms with Gasteiger partial charge in [0.05, 0.1) is 13.7 Å². The molecular weight excluding hydrogens is 417 g/mol. The van der Waals surface area contributed by atoms with Crippen LogP contribution in [0.25, 0.3) is 0 Å². The summed E-state index contributed by atoms with van der Waals surface area (Å²) < 4.78 is 10.9. The molecule has 0 spiro atoms. The largest absolute Gasteiger partial charge is 0.497 e. The van der Waals surface area contributed by atoms with Crippen LogP contribution in [-0.2, 0) is 0 Å². The number of nitrogens with zero attached hydrogens (tertiary/aromatic N) is 1. The standard InChI is InChI=1S/C18H23N3O2.HI/c1-13-5-4-6-15(11-13)21-18(19)20-12-14(2)23-17-9-7-16(22-3)8-10-17;/h4-11,14H,12H2,1-3H3,(H3,19,20,21);1H. The molecule has 2 rings (SSSR count). The van der Waals surface area contributed by atoms with Crippen LogP contribution in [0.15, 0.2) is 53.5 Å². The van der Waals surface area contributed by atoms with Crippen LogP contribution in [0.5, 0.6) is 11.5 Å². The van der Waals surface area contributed by atoms with Gasteiger partial charge in [0.15, 0.2) is 5.96 Å². The second kappa shape index (κ2) is 10.0. The molecule has 0 aliphatic heterocycles. The molecule has 0 saturated carbocycles. The van der Waals surface area contributed by atoms with E-state index in [0.717, 1.165) is 17.2 Å². The minimum atomic E-state index is -0.0822. The first-order valence-electron chi connectivity index (χ1n) is 7.51. The quantitative estimate of drug-likeness (QED) is 0.407. The van der Waals surface area contributed by atoms with Crippen LogP contribution >= 0.6 is 24.0 Å². The zero-order valence-corrected chi connectivity index (χ0v) is 16.5. The van der Waals surface area contributed by atoms with Crippen molar-refractivity contribution in [2.24, 2.45) is 10.7 Å². The molecule has 0 aliphatic rings. The van der Waals surface area contributed by atoms with Crippen molar-refractivity contribution in [3.05, 3.63) is 54.1 Å². The fourth-order valence-electron chi connectivity index (χ4n) is 2.06. The topological polar surface area (TPSA) is 68.9 Å². The average molecular weight is 441 g/mol. The van der Waals surface area contributed by atoms with Crippen molar-refractivity contribution >= 4 is 35.6 Å². The number of halogens is 1. The Hall–Kier alpha value is -1.96. The molecule has 0 amide bonds. The number of methoxy groups -OCH3 is 1. The molecule has 0 radical (unpaired) electrons. The lowest BCUT2D eigenvalue weighted by molar-refractivity contribution is 0.230. The van der Waals surface area contributed by atoms with E-state index in [0.29, 0.717) is 12.5 Å². The van der Waals surface area contributed by atoms with Crippen LogP contribution in [0, 0.1) is 6.92 Å². The number of anilines is 1. The summed E-state index contributed by atoms with van der Waals surface area (Å²) in [5.74, 6) is 1.95. The number of guanidine groups is 1. The van der Waals surface area contributed by atoms with Crippen LogP contribution in [0.3, 0.4) is 0 Å². The smallest absolute Gasteiger partial charge is 0.193 e. The molecule has 0 aliphatic carbocycles. The van der Waals surface area contributed by atoms with Gasteiger partial charge in [-0.25, -0.2) is 4.99 Å². The van der Waals surface area contributed by atoms with E-state index in [1.807, 2.05) is 62.4 Å². The Balaban J connectivity index is 0.00000288. The number of hydrogen-bond donors (Lipinski definition) is 2. The maximum Gasteiger partial charge on any atom is 0.193 e. The summed E-state index contributed by atoms with van der Waals surface area (Å²) in [5.41, 5.74) is 7.99. The number of benzene rings is 2. The number of ether oxygens (including phenoxy) is 2. The Kier molecular flexibility index (Phi) is 8.39. The van der Waals surface area contributed by atoms with Crippen molar-refractivity contribution in [1.29, 1.82) is 0 Å². The lowest BCUT2D eigenvalue weighted by Crippen LogP contribution is -2.25. The minimum Gasteiger partial charge on any atom is -0.497 e. The molecule has 1 atom stereocenters. The van der Waals surface area contributed by atoms with Gasteiger partial charge in [0, 0.05) is 5.69 Å². The summed E-state index contributed by atoms with van der Waals surface area (Å²) in [5, 5.41) is 3.07. The van der Waals surface area contributed by atoms with Crippen LogP contribution in [0.2, 0.25) is 0 Å². The van der Waals surface area contributed by atoms with Gasteiger partial charge in [-0.05, 0) is 55.8 Å². The average Bonchev–Trinajstić information content (AvgIpc) is 2.54. The molecule has 130 valence electrons. The lowest BCUT2D eigenvalue weighted by Gasteiger charge is -2.13. The Morgan fingerprint density at radius 2 is 1.83 bits per heavy atom. The molecule has 0 saturated heterocycles.